The highest BCUT2D eigenvalue weighted by atomic mass is 16.5. The largest absolute Gasteiger partial charge is 0.377 e. The smallest absolute Gasteiger partial charge is 0.243 e. The summed E-state index contributed by atoms with van der Waals surface area (Å²) in [6, 6.07) is 1.36. The lowest BCUT2D eigenvalue weighted by Gasteiger charge is -2.35. The molecular weight excluding hydrogens is 256 g/mol. The molecule has 6 heteroatoms. The molecule has 6 nitrogen and oxygen atoms in total. The molecular formula is C14H26N4O2. The number of likely N-dealkylation sites (tertiary alicyclic amines) is 1. The number of piperidine rings is 1. The molecule has 0 aliphatic carbocycles. The van der Waals surface area contributed by atoms with Gasteiger partial charge in [0.25, 0.3) is 0 Å². The van der Waals surface area contributed by atoms with Crippen molar-refractivity contribution in [1.82, 2.24) is 20.4 Å². The molecule has 1 atom stereocenters. The average molecular weight is 282 g/mol. The van der Waals surface area contributed by atoms with Crippen molar-refractivity contribution in [3.8, 4) is 0 Å². The molecule has 0 saturated carbocycles. The van der Waals surface area contributed by atoms with Crippen molar-refractivity contribution < 1.29 is 9.26 Å². The van der Waals surface area contributed by atoms with Gasteiger partial charge in [0.05, 0.1) is 6.04 Å². The molecule has 20 heavy (non-hydrogen) atoms. The van der Waals surface area contributed by atoms with Gasteiger partial charge in [-0.05, 0) is 19.8 Å². The van der Waals surface area contributed by atoms with Crippen molar-refractivity contribution >= 4 is 0 Å². The normalized spacial score (nSPS) is 19.6. The third kappa shape index (κ3) is 4.01. The molecule has 0 aromatic carbocycles. The van der Waals surface area contributed by atoms with Crippen LogP contribution in [0.4, 0.5) is 0 Å². The maximum Gasteiger partial charge on any atom is 0.243 e. The van der Waals surface area contributed by atoms with E-state index in [2.05, 4.69) is 41.1 Å². The minimum absolute atomic E-state index is 0.174. The Morgan fingerprint density at radius 2 is 2.05 bits per heavy atom. The van der Waals surface area contributed by atoms with Crippen molar-refractivity contribution in [2.75, 3.05) is 20.2 Å². The van der Waals surface area contributed by atoms with Crippen LogP contribution in [-0.2, 0) is 11.3 Å². The minimum Gasteiger partial charge on any atom is -0.377 e. The molecule has 1 aliphatic heterocycles. The van der Waals surface area contributed by atoms with Crippen LogP contribution in [-0.4, -0.2) is 47.3 Å². The SMILES string of the molecule is COCc1noc([C@@H](C)N2CCC(NC(C)C)CC2)n1. The lowest BCUT2D eigenvalue weighted by atomic mass is 10.0. The number of hydrogen-bond acceptors (Lipinski definition) is 6. The van der Waals surface area contributed by atoms with E-state index in [0.29, 0.717) is 30.4 Å². The Morgan fingerprint density at radius 3 is 2.65 bits per heavy atom. The second-order valence-electron chi connectivity index (χ2n) is 5.79. The van der Waals surface area contributed by atoms with Gasteiger partial charge in [-0.25, -0.2) is 0 Å². The quantitative estimate of drug-likeness (QED) is 0.857. The van der Waals surface area contributed by atoms with E-state index in [-0.39, 0.29) is 6.04 Å². The number of ether oxygens (including phenoxy) is 1. The molecule has 2 rings (SSSR count). The highest BCUT2D eigenvalue weighted by Crippen LogP contribution is 2.23. The van der Waals surface area contributed by atoms with Gasteiger partial charge in [0.1, 0.15) is 6.61 Å². The fourth-order valence-corrected chi connectivity index (χ4v) is 2.71. The summed E-state index contributed by atoms with van der Waals surface area (Å²) in [5.41, 5.74) is 0. The average Bonchev–Trinajstić information content (AvgIpc) is 2.87. The number of methoxy groups -OCH3 is 1. The zero-order valence-corrected chi connectivity index (χ0v) is 12.9. The number of nitrogens with one attached hydrogen (secondary N) is 1. The van der Waals surface area contributed by atoms with Crippen LogP contribution in [0.1, 0.15) is 51.4 Å². The molecule has 1 fully saturated rings. The molecule has 0 spiro atoms. The number of hydrogen-bond donors (Lipinski definition) is 1. The van der Waals surface area contributed by atoms with Crippen LogP contribution in [0.2, 0.25) is 0 Å². The van der Waals surface area contributed by atoms with Crippen molar-refractivity contribution in [2.45, 2.75) is 58.3 Å². The maximum atomic E-state index is 5.33. The lowest BCUT2D eigenvalue weighted by molar-refractivity contribution is 0.127. The Labute approximate surface area is 120 Å². The van der Waals surface area contributed by atoms with Gasteiger partial charge in [-0.1, -0.05) is 19.0 Å². The summed E-state index contributed by atoms with van der Waals surface area (Å²) in [4.78, 5) is 6.79. The number of nitrogens with zero attached hydrogens (tertiary/aromatic N) is 3. The van der Waals surface area contributed by atoms with Crippen LogP contribution in [0.5, 0.6) is 0 Å². The first-order valence-corrected chi connectivity index (χ1v) is 7.41. The van der Waals surface area contributed by atoms with Gasteiger partial charge in [0.2, 0.25) is 5.89 Å². The van der Waals surface area contributed by atoms with Crippen LogP contribution in [0.3, 0.4) is 0 Å². The molecule has 1 saturated heterocycles. The van der Waals surface area contributed by atoms with Crippen molar-refractivity contribution in [1.29, 1.82) is 0 Å². The van der Waals surface area contributed by atoms with Gasteiger partial charge in [-0.2, -0.15) is 4.98 Å². The van der Waals surface area contributed by atoms with Gasteiger partial charge in [-0.15, -0.1) is 0 Å². The van der Waals surface area contributed by atoms with Crippen molar-refractivity contribution in [2.24, 2.45) is 0 Å². The predicted molar refractivity (Wildman–Crippen MR) is 76.3 cm³/mol. The molecule has 0 unspecified atom stereocenters. The maximum absolute atomic E-state index is 5.33. The van der Waals surface area contributed by atoms with Gasteiger partial charge in [0.15, 0.2) is 5.82 Å². The molecule has 1 N–H and O–H groups in total. The minimum atomic E-state index is 0.174. The Bertz CT molecular complexity index is 400. The summed E-state index contributed by atoms with van der Waals surface area (Å²) < 4.78 is 10.3. The molecule has 1 aliphatic rings. The first-order chi connectivity index (χ1) is 9.60. The van der Waals surface area contributed by atoms with E-state index in [1.165, 1.54) is 12.8 Å². The fourth-order valence-electron chi connectivity index (χ4n) is 2.71. The molecule has 1 aromatic rings. The molecule has 1 aromatic heterocycles. The Hall–Kier alpha value is -0.980. The Balaban J connectivity index is 1.85. The molecule has 114 valence electrons. The van der Waals surface area contributed by atoms with E-state index in [1.807, 2.05) is 0 Å². The summed E-state index contributed by atoms with van der Waals surface area (Å²) in [5, 5.41) is 7.53. The molecule has 0 amide bonds. The second-order valence-corrected chi connectivity index (χ2v) is 5.79. The van der Waals surface area contributed by atoms with Gasteiger partial charge < -0.3 is 14.6 Å². The highest BCUT2D eigenvalue weighted by Gasteiger charge is 2.26. The summed E-state index contributed by atoms with van der Waals surface area (Å²) in [5.74, 6) is 1.30. The lowest BCUT2D eigenvalue weighted by Crippen LogP contribution is -2.45. The molecule has 2 heterocycles. The van der Waals surface area contributed by atoms with Crippen LogP contribution in [0, 0.1) is 0 Å². The van der Waals surface area contributed by atoms with Crippen molar-refractivity contribution in [3.63, 3.8) is 0 Å². The van der Waals surface area contributed by atoms with E-state index in [9.17, 15) is 0 Å². The Kier molecular flexibility index (Phi) is 5.51. The van der Waals surface area contributed by atoms with E-state index in [1.54, 1.807) is 7.11 Å². The van der Waals surface area contributed by atoms with E-state index >= 15 is 0 Å². The van der Waals surface area contributed by atoms with Crippen LogP contribution < -0.4 is 5.32 Å². The topological polar surface area (TPSA) is 63.4 Å². The summed E-state index contributed by atoms with van der Waals surface area (Å²) in [7, 11) is 1.63. The van der Waals surface area contributed by atoms with Crippen LogP contribution in [0.25, 0.3) is 0 Å². The number of rotatable bonds is 6. The van der Waals surface area contributed by atoms with Gasteiger partial charge >= 0.3 is 0 Å². The second kappa shape index (κ2) is 7.15. The first kappa shape index (κ1) is 15.4. The van der Waals surface area contributed by atoms with E-state index in [0.717, 1.165) is 13.1 Å². The standard InChI is InChI=1S/C14H26N4O2/c1-10(2)15-12-5-7-18(8-6-12)11(3)14-16-13(9-19-4)17-20-14/h10-12,15H,5-9H2,1-4H3/t11-/m1/s1. The van der Waals surface area contributed by atoms with E-state index < -0.39 is 0 Å². The van der Waals surface area contributed by atoms with Crippen LogP contribution >= 0.6 is 0 Å². The van der Waals surface area contributed by atoms with Crippen LogP contribution in [0.15, 0.2) is 4.52 Å². The zero-order valence-electron chi connectivity index (χ0n) is 12.9. The highest BCUT2D eigenvalue weighted by molar-refractivity contribution is 4.93. The molecule has 0 radical (unpaired) electrons. The monoisotopic (exact) mass is 282 g/mol. The van der Waals surface area contributed by atoms with Gasteiger partial charge in [-0.3, -0.25) is 4.90 Å². The van der Waals surface area contributed by atoms with Crippen molar-refractivity contribution in [3.05, 3.63) is 11.7 Å². The summed E-state index contributed by atoms with van der Waals surface area (Å²) in [6.07, 6.45) is 2.34. The summed E-state index contributed by atoms with van der Waals surface area (Å²) >= 11 is 0. The van der Waals surface area contributed by atoms with E-state index in [4.69, 9.17) is 9.26 Å². The predicted octanol–water partition coefficient (Wildman–Crippen LogP) is 1.74. The Morgan fingerprint density at radius 1 is 1.35 bits per heavy atom. The fraction of sp³-hybridized carbons (Fsp3) is 0.857. The third-order valence-electron chi connectivity index (χ3n) is 3.76. The zero-order chi connectivity index (χ0) is 14.5. The third-order valence-corrected chi connectivity index (χ3v) is 3.76. The van der Waals surface area contributed by atoms with Gasteiger partial charge in [0, 0.05) is 32.3 Å². The summed E-state index contributed by atoms with van der Waals surface area (Å²) in [6.45, 7) is 9.05. The number of aromatic nitrogens is 2. The first-order valence-electron chi connectivity index (χ1n) is 7.41. The molecule has 0 bridgehead atoms.